The molecule has 0 saturated carbocycles. The topological polar surface area (TPSA) is 64.1 Å². The van der Waals surface area contributed by atoms with Gasteiger partial charge in [-0.1, -0.05) is 30.3 Å². The maximum atomic E-state index is 13.1. The predicted octanol–water partition coefficient (Wildman–Crippen LogP) is 2.30. The number of carboxylic acid groups (broad SMARTS) is 1. The highest BCUT2D eigenvalue weighted by atomic mass is 16.4. The Balaban J connectivity index is 1.52. The summed E-state index contributed by atoms with van der Waals surface area (Å²) in [5.41, 5.74) is 1.30. The van der Waals surface area contributed by atoms with E-state index in [-0.39, 0.29) is 18.5 Å². The third-order valence-electron chi connectivity index (χ3n) is 6.12. The van der Waals surface area contributed by atoms with E-state index in [1.54, 1.807) is 0 Å². The lowest BCUT2D eigenvalue weighted by atomic mass is 9.96. The van der Waals surface area contributed by atoms with Crippen molar-refractivity contribution in [3.63, 3.8) is 0 Å². The summed E-state index contributed by atoms with van der Waals surface area (Å²) in [5, 5.41) is 9.01. The molecule has 1 aromatic rings. The minimum atomic E-state index is -0.791. The highest BCUT2D eigenvalue weighted by Gasteiger charge is 2.31. The molecule has 28 heavy (non-hydrogen) atoms. The van der Waals surface area contributed by atoms with E-state index < -0.39 is 5.97 Å². The van der Waals surface area contributed by atoms with Crippen LogP contribution in [-0.2, 0) is 16.1 Å². The van der Waals surface area contributed by atoms with Gasteiger partial charge in [0, 0.05) is 32.2 Å². The van der Waals surface area contributed by atoms with Crippen molar-refractivity contribution in [2.24, 2.45) is 5.92 Å². The van der Waals surface area contributed by atoms with E-state index in [0.29, 0.717) is 5.91 Å². The fourth-order valence-corrected chi connectivity index (χ4v) is 4.58. The quantitative estimate of drug-likeness (QED) is 0.811. The zero-order chi connectivity index (χ0) is 19.9. The number of benzene rings is 1. The van der Waals surface area contributed by atoms with E-state index in [1.807, 2.05) is 22.9 Å². The Morgan fingerprint density at radius 1 is 1.07 bits per heavy atom. The van der Waals surface area contributed by atoms with Crippen LogP contribution in [0.5, 0.6) is 0 Å². The van der Waals surface area contributed by atoms with Crippen LogP contribution in [0.2, 0.25) is 0 Å². The molecule has 0 spiro atoms. The first-order valence-electron chi connectivity index (χ1n) is 10.5. The number of rotatable bonds is 6. The van der Waals surface area contributed by atoms with Crippen LogP contribution in [0.4, 0.5) is 0 Å². The molecule has 3 rings (SSSR count). The van der Waals surface area contributed by atoms with Gasteiger partial charge in [0.25, 0.3) is 0 Å². The summed E-state index contributed by atoms with van der Waals surface area (Å²) >= 11 is 0. The summed E-state index contributed by atoms with van der Waals surface area (Å²) in [4.78, 5) is 30.5. The molecule has 2 heterocycles. The Morgan fingerprint density at radius 2 is 1.82 bits per heavy atom. The Hall–Kier alpha value is -1.92. The standard InChI is InChI=1S/C22H33N3O3/c1-23(17-21(26)27)20-10-6-13-25(14-11-20)22(28)19-9-5-12-24(16-19)15-18-7-3-2-4-8-18/h2-4,7-8,19-20H,5-6,9-17H2,1H3,(H,26,27)/t19-,20-/m1/s1. The largest absolute Gasteiger partial charge is 0.480 e. The molecule has 2 saturated heterocycles. The molecule has 154 valence electrons. The molecule has 2 atom stereocenters. The number of carbonyl (C=O) groups is 2. The molecule has 0 aliphatic carbocycles. The number of carbonyl (C=O) groups excluding carboxylic acids is 1. The van der Waals surface area contributed by atoms with E-state index >= 15 is 0 Å². The van der Waals surface area contributed by atoms with Gasteiger partial charge in [0.1, 0.15) is 0 Å². The number of hydrogen-bond acceptors (Lipinski definition) is 4. The molecular weight excluding hydrogens is 354 g/mol. The van der Waals surface area contributed by atoms with Gasteiger partial charge in [-0.15, -0.1) is 0 Å². The minimum Gasteiger partial charge on any atom is -0.480 e. The van der Waals surface area contributed by atoms with Crippen LogP contribution in [0.1, 0.15) is 37.7 Å². The number of piperidine rings is 1. The summed E-state index contributed by atoms with van der Waals surface area (Å²) in [6.07, 6.45) is 4.80. The number of likely N-dealkylation sites (N-methyl/N-ethyl adjacent to an activating group) is 1. The summed E-state index contributed by atoms with van der Waals surface area (Å²) < 4.78 is 0. The molecule has 1 amide bonds. The molecule has 1 aromatic carbocycles. The monoisotopic (exact) mass is 387 g/mol. The minimum absolute atomic E-state index is 0.0652. The van der Waals surface area contributed by atoms with Gasteiger partial charge in [-0.2, -0.15) is 0 Å². The van der Waals surface area contributed by atoms with Gasteiger partial charge in [0.15, 0.2) is 0 Å². The molecule has 2 fully saturated rings. The van der Waals surface area contributed by atoms with Crippen LogP contribution in [0.15, 0.2) is 30.3 Å². The average Bonchev–Trinajstić information content (AvgIpc) is 2.94. The van der Waals surface area contributed by atoms with Crippen LogP contribution in [0.25, 0.3) is 0 Å². The third-order valence-corrected chi connectivity index (χ3v) is 6.12. The molecule has 6 nitrogen and oxygen atoms in total. The SMILES string of the molecule is CN(CC(=O)O)[C@@H]1CCCN(C(=O)[C@@H]2CCCN(Cc3ccccc3)C2)CC1. The van der Waals surface area contributed by atoms with Crippen LogP contribution < -0.4 is 0 Å². The number of carboxylic acids is 1. The Kier molecular flexibility index (Phi) is 7.45. The Bertz CT molecular complexity index is 652. The first kappa shape index (κ1) is 20.8. The lowest BCUT2D eigenvalue weighted by Gasteiger charge is -2.35. The van der Waals surface area contributed by atoms with E-state index in [1.165, 1.54) is 5.56 Å². The zero-order valence-electron chi connectivity index (χ0n) is 16.9. The van der Waals surface area contributed by atoms with E-state index in [2.05, 4.69) is 29.2 Å². The Morgan fingerprint density at radius 3 is 2.57 bits per heavy atom. The van der Waals surface area contributed by atoms with Crippen molar-refractivity contribution in [3.05, 3.63) is 35.9 Å². The van der Waals surface area contributed by atoms with Crippen molar-refractivity contribution in [2.75, 3.05) is 39.8 Å². The van der Waals surface area contributed by atoms with Crippen LogP contribution in [0.3, 0.4) is 0 Å². The molecule has 2 aliphatic heterocycles. The molecule has 0 radical (unpaired) electrons. The summed E-state index contributed by atoms with van der Waals surface area (Å²) in [5.74, 6) is -0.412. The van der Waals surface area contributed by atoms with Gasteiger partial charge in [-0.3, -0.25) is 19.4 Å². The molecular formula is C22H33N3O3. The second-order valence-electron chi connectivity index (χ2n) is 8.28. The highest BCUT2D eigenvalue weighted by Crippen LogP contribution is 2.23. The zero-order valence-corrected chi connectivity index (χ0v) is 16.9. The summed E-state index contributed by atoms with van der Waals surface area (Å²) in [6.45, 7) is 4.41. The first-order valence-corrected chi connectivity index (χ1v) is 10.5. The number of hydrogen-bond donors (Lipinski definition) is 1. The lowest BCUT2D eigenvalue weighted by molar-refractivity contribution is -0.139. The second kappa shape index (κ2) is 10.0. The van der Waals surface area contributed by atoms with Crippen LogP contribution in [0, 0.1) is 5.92 Å². The fourth-order valence-electron chi connectivity index (χ4n) is 4.58. The van der Waals surface area contributed by atoms with Gasteiger partial charge in [-0.05, 0) is 51.3 Å². The maximum absolute atomic E-state index is 13.1. The van der Waals surface area contributed by atoms with Crippen LogP contribution >= 0.6 is 0 Å². The molecule has 1 N–H and O–H groups in total. The molecule has 2 aliphatic rings. The third kappa shape index (κ3) is 5.79. The van der Waals surface area contributed by atoms with Gasteiger partial charge in [0.05, 0.1) is 12.5 Å². The van der Waals surface area contributed by atoms with Crippen molar-refractivity contribution in [3.8, 4) is 0 Å². The maximum Gasteiger partial charge on any atom is 0.317 e. The summed E-state index contributed by atoms with van der Waals surface area (Å²) in [6, 6.07) is 10.7. The highest BCUT2D eigenvalue weighted by molar-refractivity contribution is 5.79. The van der Waals surface area contributed by atoms with Crippen molar-refractivity contribution in [2.45, 2.75) is 44.7 Å². The van der Waals surface area contributed by atoms with Gasteiger partial charge in [0.2, 0.25) is 5.91 Å². The van der Waals surface area contributed by atoms with Crippen molar-refractivity contribution in [1.82, 2.24) is 14.7 Å². The van der Waals surface area contributed by atoms with E-state index in [9.17, 15) is 9.59 Å². The number of nitrogens with zero attached hydrogens (tertiary/aromatic N) is 3. The lowest BCUT2D eigenvalue weighted by Crippen LogP contribution is -2.45. The van der Waals surface area contributed by atoms with Gasteiger partial charge in [-0.25, -0.2) is 0 Å². The van der Waals surface area contributed by atoms with Crippen molar-refractivity contribution in [1.29, 1.82) is 0 Å². The van der Waals surface area contributed by atoms with Gasteiger partial charge < -0.3 is 10.0 Å². The second-order valence-corrected chi connectivity index (χ2v) is 8.28. The van der Waals surface area contributed by atoms with Gasteiger partial charge >= 0.3 is 5.97 Å². The fraction of sp³-hybridized carbons (Fsp3) is 0.636. The molecule has 0 bridgehead atoms. The van der Waals surface area contributed by atoms with Crippen molar-refractivity contribution < 1.29 is 14.7 Å². The number of aliphatic carboxylic acids is 1. The smallest absolute Gasteiger partial charge is 0.317 e. The molecule has 6 heteroatoms. The van der Waals surface area contributed by atoms with Crippen molar-refractivity contribution >= 4 is 11.9 Å². The average molecular weight is 388 g/mol. The molecule has 0 aromatic heterocycles. The van der Waals surface area contributed by atoms with Crippen LogP contribution in [-0.4, -0.2) is 77.5 Å². The Labute approximate surface area is 168 Å². The number of amides is 1. The first-order chi connectivity index (χ1) is 13.5. The normalized spacial score (nSPS) is 24.1. The predicted molar refractivity (Wildman–Crippen MR) is 109 cm³/mol. The van der Waals surface area contributed by atoms with E-state index in [4.69, 9.17) is 5.11 Å². The number of likely N-dealkylation sites (tertiary alicyclic amines) is 2. The van der Waals surface area contributed by atoms with E-state index in [0.717, 1.165) is 64.8 Å². The summed E-state index contributed by atoms with van der Waals surface area (Å²) in [7, 11) is 1.87. The molecule has 0 unspecified atom stereocenters.